The number of carbonyl (C=O) groups excluding carboxylic acids is 1. The fraction of sp³-hybridized carbons (Fsp3) is 0.583. The summed E-state index contributed by atoms with van der Waals surface area (Å²) in [4.78, 5) is 28.4. The molecular formula is C12H17N3O3S. The fourth-order valence-corrected chi connectivity index (χ4v) is 2.52. The molecular weight excluding hydrogens is 266 g/mol. The Kier molecular flexibility index (Phi) is 4.04. The van der Waals surface area contributed by atoms with Crippen LogP contribution in [0.15, 0.2) is 5.51 Å². The van der Waals surface area contributed by atoms with Crippen molar-refractivity contribution in [1.29, 1.82) is 0 Å². The smallest absolute Gasteiger partial charge is 0.322 e. The maximum absolute atomic E-state index is 12.0. The van der Waals surface area contributed by atoms with Gasteiger partial charge in [0.15, 0.2) is 0 Å². The van der Waals surface area contributed by atoms with E-state index >= 15 is 0 Å². The zero-order valence-corrected chi connectivity index (χ0v) is 11.7. The topological polar surface area (TPSA) is 82.5 Å². The van der Waals surface area contributed by atoms with Gasteiger partial charge in [-0.15, -0.1) is 11.3 Å². The molecule has 1 fully saturated rings. The molecule has 1 aliphatic rings. The highest BCUT2D eigenvalue weighted by molar-refractivity contribution is 7.14. The van der Waals surface area contributed by atoms with Crippen LogP contribution in [-0.4, -0.2) is 40.6 Å². The fourth-order valence-electron chi connectivity index (χ4n) is 1.76. The average Bonchev–Trinajstić information content (AvgIpc) is 3.10. The highest BCUT2D eigenvalue weighted by atomic mass is 32.1. The number of aliphatic carboxylic acids is 1. The van der Waals surface area contributed by atoms with Gasteiger partial charge in [0.05, 0.1) is 17.1 Å². The first-order chi connectivity index (χ1) is 8.99. The molecule has 6 nitrogen and oxygen atoms in total. The van der Waals surface area contributed by atoms with Crippen LogP contribution in [0.1, 0.15) is 31.4 Å². The van der Waals surface area contributed by atoms with E-state index in [0.29, 0.717) is 5.92 Å². The summed E-state index contributed by atoms with van der Waals surface area (Å²) in [6.45, 7) is 1.76. The molecule has 7 heteroatoms. The zero-order chi connectivity index (χ0) is 14.0. The summed E-state index contributed by atoms with van der Waals surface area (Å²) >= 11 is 1.40. The van der Waals surface area contributed by atoms with Gasteiger partial charge < -0.3 is 10.0 Å². The van der Waals surface area contributed by atoms with Gasteiger partial charge >= 0.3 is 12.0 Å². The lowest BCUT2D eigenvalue weighted by Gasteiger charge is -2.19. The highest BCUT2D eigenvalue weighted by Crippen LogP contribution is 2.43. The molecule has 19 heavy (non-hydrogen) atoms. The predicted octanol–water partition coefficient (Wildman–Crippen LogP) is 2.20. The Hall–Kier alpha value is -1.63. The second-order valence-electron chi connectivity index (χ2n) is 4.89. The Morgan fingerprint density at radius 1 is 1.63 bits per heavy atom. The maximum Gasteiger partial charge on any atom is 0.322 e. The summed E-state index contributed by atoms with van der Waals surface area (Å²) in [6.07, 6.45) is 2.25. The number of carbonyl (C=O) groups is 2. The number of rotatable bonds is 5. The molecule has 1 aliphatic carbocycles. The van der Waals surface area contributed by atoms with Gasteiger partial charge in [-0.3, -0.25) is 10.1 Å². The number of nitrogens with zero attached hydrogens (tertiary/aromatic N) is 2. The number of amides is 2. The van der Waals surface area contributed by atoms with Crippen LogP contribution < -0.4 is 5.32 Å². The van der Waals surface area contributed by atoms with Crippen LogP contribution in [0, 0.1) is 5.92 Å². The van der Waals surface area contributed by atoms with Crippen molar-refractivity contribution in [3.8, 4) is 0 Å². The number of aromatic nitrogens is 1. The largest absolute Gasteiger partial charge is 0.481 e. The number of carboxylic acids is 1. The molecule has 1 atom stereocenters. The number of urea groups is 1. The Labute approximate surface area is 115 Å². The molecule has 1 unspecified atom stereocenters. The molecule has 0 aliphatic heterocycles. The number of carboxylic acid groups (broad SMARTS) is 1. The van der Waals surface area contributed by atoms with Crippen molar-refractivity contribution in [3.63, 3.8) is 0 Å². The molecule has 0 aromatic carbocycles. The summed E-state index contributed by atoms with van der Waals surface area (Å²) < 4.78 is 0. The van der Waals surface area contributed by atoms with Gasteiger partial charge in [0, 0.05) is 19.5 Å². The molecule has 2 N–H and O–H groups in total. The van der Waals surface area contributed by atoms with Crippen LogP contribution in [0.25, 0.3) is 0 Å². The van der Waals surface area contributed by atoms with E-state index in [4.69, 9.17) is 5.11 Å². The first-order valence-corrected chi connectivity index (χ1v) is 7.05. The molecule has 104 valence electrons. The zero-order valence-electron chi connectivity index (χ0n) is 10.9. The van der Waals surface area contributed by atoms with Crippen molar-refractivity contribution in [3.05, 3.63) is 11.2 Å². The quantitative estimate of drug-likeness (QED) is 0.868. The van der Waals surface area contributed by atoms with Gasteiger partial charge in [-0.25, -0.2) is 9.78 Å². The van der Waals surface area contributed by atoms with E-state index in [1.54, 1.807) is 19.5 Å². The Balaban J connectivity index is 1.92. The van der Waals surface area contributed by atoms with Gasteiger partial charge in [-0.1, -0.05) is 6.92 Å². The molecule has 2 amide bonds. The van der Waals surface area contributed by atoms with E-state index in [-0.39, 0.29) is 12.6 Å². The lowest BCUT2D eigenvalue weighted by Crippen LogP contribution is -2.36. The van der Waals surface area contributed by atoms with Gasteiger partial charge in [0.2, 0.25) is 0 Å². The summed E-state index contributed by atoms with van der Waals surface area (Å²) in [5, 5.41) is 12.4. The molecule has 0 radical (unpaired) electrons. The molecule has 1 aromatic rings. The molecule has 2 rings (SSSR count). The van der Waals surface area contributed by atoms with Crippen molar-refractivity contribution in [2.45, 2.75) is 25.7 Å². The molecule has 0 spiro atoms. The number of nitrogens with one attached hydrogen (secondary N) is 1. The van der Waals surface area contributed by atoms with Crippen LogP contribution >= 0.6 is 11.3 Å². The summed E-state index contributed by atoms with van der Waals surface area (Å²) in [5.74, 6) is -1.01. The van der Waals surface area contributed by atoms with Crippen molar-refractivity contribution in [2.75, 3.05) is 18.9 Å². The summed E-state index contributed by atoms with van der Waals surface area (Å²) in [7, 11) is 1.59. The minimum Gasteiger partial charge on any atom is -0.481 e. The molecule has 1 saturated carbocycles. The van der Waals surface area contributed by atoms with Gasteiger partial charge in [-0.2, -0.15) is 0 Å². The van der Waals surface area contributed by atoms with E-state index in [1.807, 2.05) is 0 Å². The van der Waals surface area contributed by atoms with E-state index in [0.717, 1.165) is 23.5 Å². The average molecular weight is 283 g/mol. The number of hydrogen-bond acceptors (Lipinski definition) is 4. The van der Waals surface area contributed by atoms with E-state index in [2.05, 4.69) is 10.3 Å². The van der Waals surface area contributed by atoms with Crippen LogP contribution in [0.4, 0.5) is 9.80 Å². The lowest BCUT2D eigenvalue weighted by molar-refractivity contribution is -0.141. The third-order valence-electron chi connectivity index (χ3n) is 3.10. The Morgan fingerprint density at radius 3 is 2.89 bits per heavy atom. The normalized spacial score (nSPS) is 15.9. The first-order valence-electron chi connectivity index (χ1n) is 6.17. The molecule has 1 aromatic heterocycles. The SMILES string of the molecule is CC(CN(C)C(=O)Nc1scnc1C1CC1)C(=O)O. The Morgan fingerprint density at radius 2 is 2.32 bits per heavy atom. The second-order valence-corrected chi connectivity index (χ2v) is 5.75. The highest BCUT2D eigenvalue weighted by Gasteiger charge is 2.29. The van der Waals surface area contributed by atoms with Crippen LogP contribution in [0.3, 0.4) is 0 Å². The van der Waals surface area contributed by atoms with Crippen LogP contribution in [0.2, 0.25) is 0 Å². The van der Waals surface area contributed by atoms with Crippen molar-refractivity contribution >= 4 is 28.3 Å². The molecule has 0 bridgehead atoms. The number of anilines is 1. The van der Waals surface area contributed by atoms with Crippen molar-refractivity contribution in [1.82, 2.24) is 9.88 Å². The van der Waals surface area contributed by atoms with Gasteiger partial charge in [0.25, 0.3) is 0 Å². The van der Waals surface area contributed by atoms with Crippen LogP contribution in [-0.2, 0) is 4.79 Å². The standard InChI is InChI=1S/C12H17N3O3S/c1-7(11(16)17)5-15(2)12(18)14-10-9(8-3-4-8)13-6-19-10/h6-8H,3-5H2,1-2H3,(H,14,18)(H,16,17). The van der Waals surface area contributed by atoms with Gasteiger partial charge in [0.1, 0.15) is 5.00 Å². The van der Waals surface area contributed by atoms with E-state index in [1.165, 1.54) is 16.2 Å². The van der Waals surface area contributed by atoms with Crippen LogP contribution in [0.5, 0.6) is 0 Å². The molecule has 1 heterocycles. The van der Waals surface area contributed by atoms with E-state index in [9.17, 15) is 9.59 Å². The second kappa shape index (κ2) is 5.56. The first kappa shape index (κ1) is 13.8. The lowest BCUT2D eigenvalue weighted by atomic mass is 10.2. The third-order valence-corrected chi connectivity index (χ3v) is 3.85. The molecule has 0 saturated heterocycles. The van der Waals surface area contributed by atoms with Crippen molar-refractivity contribution in [2.24, 2.45) is 5.92 Å². The minimum absolute atomic E-state index is 0.179. The predicted molar refractivity (Wildman–Crippen MR) is 72.5 cm³/mol. The maximum atomic E-state index is 12.0. The summed E-state index contributed by atoms with van der Waals surface area (Å²) in [5.41, 5.74) is 2.68. The summed E-state index contributed by atoms with van der Waals surface area (Å²) in [6, 6.07) is -0.292. The number of hydrogen-bond donors (Lipinski definition) is 2. The van der Waals surface area contributed by atoms with Gasteiger partial charge in [-0.05, 0) is 12.8 Å². The van der Waals surface area contributed by atoms with E-state index < -0.39 is 11.9 Å². The monoisotopic (exact) mass is 283 g/mol. The number of thiazole rings is 1. The third kappa shape index (κ3) is 3.44. The van der Waals surface area contributed by atoms with Crippen molar-refractivity contribution < 1.29 is 14.7 Å². The Bertz CT molecular complexity index is 484. The minimum atomic E-state index is -0.906.